The second kappa shape index (κ2) is 3.73. The lowest BCUT2D eigenvalue weighted by molar-refractivity contribution is -0.117. The van der Waals surface area contributed by atoms with E-state index in [0.29, 0.717) is 12.5 Å². The first-order valence-corrected chi connectivity index (χ1v) is 5.55. The molecule has 2 nitrogen and oxygen atoms in total. The van der Waals surface area contributed by atoms with E-state index in [-0.39, 0.29) is 5.91 Å². The molecule has 0 aliphatic carbocycles. The summed E-state index contributed by atoms with van der Waals surface area (Å²) in [5.74, 6) is 0.236. The van der Waals surface area contributed by atoms with Gasteiger partial charge in [-0.15, -0.1) is 0 Å². The van der Waals surface area contributed by atoms with Crippen LogP contribution in [0, 0.1) is 0 Å². The predicted molar refractivity (Wildman–Crippen MR) is 60.3 cm³/mol. The van der Waals surface area contributed by atoms with Crippen molar-refractivity contribution < 1.29 is 4.79 Å². The second-order valence-electron chi connectivity index (χ2n) is 3.63. The first kappa shape index (κ1) is 9.71. The highest BCUT2D eigenvalue weighted by Crippen LogP contribution is 2.27. The Kier molecular flexibility index (Phi) is 2.59. The summed E-state index contributed by atoms with van der Waals surface area (Å²) >= 11 is 3.38. The molecule has 1 aliphatic rings. The predicted octanol–water partition coefficient (Wildman–Crippen LogP) is 2.96. The van der Waals surface area contributed by atoms with E-state index >= 15 is 0 Å². The van der Waals surface area contributed by atoms with Crippen LogP contribution in [-0.2, 0) is 4.79 Å². The number of anilines is 1. The molecule has 1 unspecified atom stereocenters. The van der Waals surface area contributed by atoms with E-state index in [1.165, 1.54) is 0 Å². The molecule has 2 rings (SSSR count). The van der Waals surface area contributed by atoms with Gasteiger partial charge in [0.2, 0.25) is 5.91 Å². The fourth-order valence-corrected chi connectivity index (χ4v) is 2.09. The Bertz CT molecular complexity index is 347. The Morgan fingerprint density at radius 3 is 2.50 bits per heavy atom. The molecule has 1 saturated heterocycles. The normalized spacial score (nSPS) is 21.7. The Labute approximate surface area is 92.0 Å². The van der Waals surface area contributed by atoms with Crippen molar-refractivity contribution in [3.63, 3.8) is 0 Å². The van der Waals surface area contributed by atoms with Crippen LogP contribution in [0.15, 0.2) is 28.7 Å². The van der Waals surface area contributed by atoms with Crippen LogP contribution >= 0.6 is 15.9 Å². The van der Waals surface area contributed by atoms with Crippen molar-refractivity contribution in [1.29, 1.82) is 0 Å². The highest BCUT2D eigenvalue weighted by Gasteiger charge is 2.28. The van der Waals surface area contributed by atoms with Crippen molar-refractivity contribution in [3.8, 4) is 0 Å². The number of hydrogen-bond acceptors (Lipinski definition) is 1. The van der Waals surface area contributed by atoms with Crippen LogP contribution in [0.2, 0.25) is 0 Å². The first-order chi connectivity index (χ1) is 6.68. The number of amides is 1. The minimum Gasteiger partial charge on any atom is -0.310 e. The summed E-state index contributed by atoms with van der Waals surface area (Å²) in [6, 6.07) is 8.22. The lowest BCUT2D eigenvalue weighted by Gasteiger charge is -2.21. The highest BCUT2D eigenvalue weighted by atomic mass is 79.9. The summed E-state index contributed by atoms with van der Waals surface area (Å²) in [5, 5.41) is 0. The van der Waals surface area contributed by atoms with Gasteiger partial charge in [0.25, 0.3) is 0 Å². The lowest BCUT2D eigenvalue weighted by Crippen LogP contribution is -2.30. The maximum Gasteiger partial charge on any atom is 0.227 e. The number of benzene rings is 1. The topological polar surface area (TPSA) is 20.3 Å². The third-order valence-electron chi connectivity index (χ3n) is 2.59. The van der Waals surface area contributed by atoms with Gasteiger partial charge < -0.3 is 4.90 Å². The highest BCUT2D eigenvalue weighted by molar-refractivity contribution is 9.10. The Balaban J connectivity index is 2.30. The van der Waals surface area contributed by atoms with Crippen molar-refractivity contribution >= 4 is 27.5 Å². The molecule has 1 aliphatic heterocycles. The molecule has 0 radical (unpaired) electrons. The molecule has 0 spiro atoms. The van der Waals surface area contributed by atoms with Gasteiger partial charge in [0.1, 0.15) is 0 Å². The van der Waals surface area contributed by atoms with Gasteiger partial charge in [-0.3, -0.25) is 4.79 Å². The minimum atomic E-state index is 0.236. The molecule has 14 heavy (non-hydrogen) atoms. The van der Waals surface area contributed by atoms with Gasteiger partial charge in [-0.2, -0.15) is 0 Å². The summed E-state index contributed by atoms with van der Waals surface area (Å²) in [7, 11) is 0. The van der Waals surface area contributed by atoms with E-state index in [2.05, 4.69) is 22.9 Å². The summed E-state index contributed by atoms with van der Waals surface area (Å²) in [6.45, 7) is 2.09. The fourth-order valence-electron chi connectivity index (χ4n) is 1.83. The maximum atomic E-state index is 11.6. The number of hydrogen-bond donors (Lipinski definition) is 0. The Morgan fingerprint density at radius 2 is 2.00 bits per heavy atom. The molecule has 1 fully saturated rings. The van der Waals surface area contributed by atoms with E-state index in [1.54, 1.807) is 0 Å². The Morgan fingerprint density at radius 1 is 1.36 bits per heavy atom. The van der Waals surface area contributed by atoms with Crippen molar-refractivity contribution in [3.05, 3.63) is 28.7 Å². The van der Waals surface area contributed by atoms with Gasteiger partial charge in [0.15, 0.2) is 0 Å². The first-order valence-electron chi connectivity index (χ1n) is 4.76. The van der Waals surface area contributed by atoms with Crippen molar-refractivity contribution in [2.75, 3.05) is 4.90 Å². The zero-order chi connectivity index (χ0) is 10.1. The minimum absolute atomic E-state index is 0.236. The van der Waals surface area contributed by atoms with Crippen LogP contribution in [0.25, 0.3) is 0 Å². The molecular formula is C11H12BrNO. The third-order valence-corrected chi connectivity index (χ3v) is 3.12. The van der Waals surface area contributed by atoms with Crippen LogP contribution in [0.5, 0.6) is 0 Å². The molecule has 1 atom stereocenters. The van der Waals surface area contributed by atoms with Crippen LogP contribution < -0.4 is 4.90 Å². The maximum absolute atomic E-state index is 11.6. The molecule has 0 N–H and O–H groups in total. The van der Waals surface area contributed by atoms with E-state index in [4.69, 9.17) is 0 Å². The molecule has 3 heteroatoms. The zero-order valence-electron chi connectivity index (χ0n) is 8.03. The van der Waals surface area contributed by atoms with Gasteiger partial charge in [-0.25, -0.2) is 0 Å². The van der Waals surface area contributed by atoms with Gasteiger partial charge in [-0.1, -0.05) is 15.9 Å². The summed E-state index contributed by atoms with van der Waals surface area (Å²) in [5.41, 5.74) is 1.00. The Hall–Kier alpha value is -0.830. The molecule has 0 saturated carbocycles. The quantitative estimate of drug-likeness (QED) is 0.754. The van der Waals surface area contributed by atoms with Gasteiger partial charge >= 0.3 is 0 Å². The molecule has 1 aromatic rings. The number of carbonyl (C=O) groups excluding carboxylic acids is 1. The van der Waals surface area contributed by atoms with E-state index in [9.17, 15) is 4.79 Å². The molecule has 1 heterocycles. The van der Waals surface area contributed by atoms with E-state index in [0.717, 1.165) is 16.6 Å². The average molecular weight is 254 g/mol. The lowest BCUT2D eigenvalue weighted by atomic mass is 10.2. The van der Waals surface area contributed by atoms with Crippen molar-refractivity contribution in [2.24, 2.45) is 0 Å². The van der Waals surface area contributed by atoms with Crippen molar-refractivity contribution in [2.45, 2.75) is 25.8 Å². The molecule has 0 bridgehead atoms. The fraction of sp³-hybridized carbons (Fsp3) is 0.364. The summed E-state index contributed by atoms with van der Waals surface area (Å²) in [4.78, 5) is 13.5. The number of carbonyl (C=O) groups is 1. The molecule has 1 amide bonds. The van der Waals surface area contributed by atoms with Crippen molar-refractivity contribution in [1.82, 2.24) is 0 Å². The van der Waals surface area contributed by atoms with Gasteiger partial charge in [0, 0.05) is 22.6 Å². The molecule has 1 aromatic carbocycles. The largest absolute Gasteiger partial charge is 0.310 e. The summed E-state index contributed by atoms with van der Waals surface area (Å²) in [6.07, 6.45) is 1.64. The van der Waals surface area contributed by atoms with Crippen LogP contribution in [-0.4, -0.2) is 11.9 Å². The number of nitrogens with zero attached hydrogens (tertiary/aromatic N) is 1. The SMILES string of the molecule is CC1CCC(=O)N1c1ccc(Br)cc1. The molecular weight excluding hydrogens is 242 g/mol. The second-order valence-corrected chi connectivity index (χ2v) is 4.54. The number of rotatable bonds is 1. The standard InChI is InChI=1S/C11H12BrNO/c1-8-2-7-11(14)13(8)10-5-3-9(12)4-6-10/h3-6,8H,2,7H2,1H3. The average Bonchev–Trinajstić information content (AvgIpc) is 2.49. The van der Waals surface area contributed by atoms with Crippen LogP contribution in [0.3, 0.4) is 0 Å². The van der Waals surface area contributed by atoms with Gasteiger partial charge in [0.05, 0.1) is 0 Å². The van der Waals surface area contributed by atoms with Crippen LogP contribution in [0.4, 0.5) is 5.69 Å². The monoisotopic (exact) mass is 253 g/mol. The molecule has 74 valence electrons. The molecule has 0 aromatic heterocycles. The summed E-state index contributed by atoms with van der Waals surface area (Å²) < 4.78 is 1.04. The van der Waals surface area contributed by atoms with E-state index in [1.807, 2.05) is 29.2 Å². The van der Waals surface area contributed by atoms with Gasteiger partial charge in [-0.05, 0) is 37.6 Å². The van der Waals surface area contributed by atoms with E-state index < -0.39 is 0 Å². The smallest absolute Gasteiger partial charge is 0.227 e. The third kappa shape index (κ3) is 1.69. The van der Waals surface area contributed by atoms with Crippen LogP contribution in [0.1, 0.15) is 19.8 Å². The number of halogens is 1. The zero-order valence-corrected chi connectivity index (χ0v) is 9.62.